The predicted octanol–water partition coefficient (Wildman–Crippen LogP) is 5.68. The second kappa shape index (κ2) is 6.70. The van der Waals surface area contributed by atoms with Crippen molar-refractivity contribution in [1.29, 1.82) is 0 Å². The highest BCUT2D eigenvalue weighted by molar-refractivity contribution is 5.53. The molecular formula is C17H8F8. The van der Waals surface area contributed by atoms with Crippen molar-refractivity contribution in [2.45, 2.75) is 6.42 Å². The zero-order valence-corrected chi connectivity index (χ0v) is 12.3. The Balaban J connectivity index is 2.74. The van der Waals surface area contributed by atoms with Crippen molar-refractivity contribution in [2.75, 3.05) is 0 Å². The normalized spacial score (nSPS) is 10.9. The smallest absolute Gasteiger partial charge is 0.169 e. The van der Waals surface area contributed by atoms with Crippen LogP contribution in [0.5, 0.6) is 0 Å². The quantitative estimate of drug-likeness (QED) is 0.484. The van der Waals surface area contributed by atoms with Crippen molar-refractivity contribution >= 4 is 12.2 Å². The lowest BCUT2D eigenvalue weighted by Gasteiger charge is -2.13. The van der Waals surface area contributed by atoms with E-state index < -0.39 is 75.2 Å². The van der Waals surface area contributed by atoms with Gasteiger partial charge in [0, 0.05) is 17.5 Å². The molecule has 0 aliphatic heterocycles. The van der Waals surface area contributed by atoms with Gasteiger partial charge in [0.05, 0.1) is 11.1 Å². The molecule has 0 nitrogen and oxygen atoms in total. The Labute approximate surface area is 136 Å². The minimum Gasteiger partial charge on any atom is -0.203 e. The van der Waals surface area contributed by atoms with Crippen LogP contribution in [0.4, 0.5) is 35.1 Å². The molecule has 0 spiro atoms. The van der Waals surface area contributed by atoms with Gasteiger partial charge in [-0.25, -0.2) is 35.1 Å². The second-order valence-corrected chi connectivity index (χ2v) is 4.88. The fraction of sp³-hybridized carbons (Fsp3) is 0.0588. The second-order valence-electron chi connectivity index (χ2n) is 4.88. The predicted molar refractivity (Wildman–Crippen MR) is 75.5 cm³/mol. The molecule has 2 aromatic carbocycles. The average molecular weight is 364 g/mol. The Hall–Kier alpha value is -2.64. The van der Waals surface area contributed by atoms with E-state index >= 15 is 0 Å². The van der Waals surface area contributed by atoms with Crippen LogP contribution in [0.3, 0.4) is 0 Å². The van der Waals surface area contributed by atoms with Crippen molar-refractivity contribution in [3.05, 3.63) is 81.9 Å². The Morgan fingerprint density at radius 1 is 0.480 bits per heavy atom. The number of hydrogen-bond acceptors (Lipinski definition) is 0. The summed E-state index contributed by atoms with van der Waals surface area (Å²) in [5.41, 5.74) is -5.11. The Morgan fingerprint density at radius 2 is 0.720 bits per heavy atom. The molecule has 0 heterocycles. The lowest BCUT2D eigenvalue weighted by Crippen LogP contribution is -2.11. The minimum absolute atomic E-state index is 0.500. The standard InChI is InChI=1S/C17H8F8/c1-3-6-10(18)14(22)8(15(23)11(6)19)5-9-16(24)12(20)7(4-2)13(21)17(9)25/h3-4H,1-2,5H2. The molecular weight excluding hydrogens is 356 g/mol. The fourth-order valence-corrected chi connectivity index (χ4v) is 2.23. The van der Waals surface area contributed by atoms with E-state index in [1.54, 1.807) is 0 Å². The summed E-state index contributed by atoms with van der Waals surface area (Å²) in [6.07, 6.45) is -0.466. The third-order valence-electron chi connectivity index (χ3n) is 3.54. The highest BCUT2D eigenvalue weighted by Gasteiger charge is 2.29. The van der Waals surface area contributed by atoms with E-state index in [-0.39, 0.29) is 0 Å². The molecule has 2 rings (SSSR count). The van der Waals surface area contributed by atoms with E-state index in [1.807, 2.05) is 0 Å². The van der Waals surface area contributed by atoms with Gasteiger partial charge in [0.1, 0.15) is 0 Å². The Bertz CT molecular complexity index is 767. The topological polar surface area (TPSA) is 0 Å². The summed E-state index contributed by atoms with van der Waals surface area (Å²) in [7, 11) is 0. The van der Waals surface area contributed by atoms with Crippen LogP contribution in [0.15, 0.2) is 13.2 Å². The van der Waals surface area contributed by atoms with Crippen LogP contribution in [0.1, 0.15) is 22.3 Å². The van der Waals surface area contributed by atoms with Gasteiger partial charge < -0.3 is 0 Å². The lowest BCUT2D eigenvalue weighted by molar-refractivity contribution is 0.424. The van der Waals surface area contributed by atoms with Crippen LogP contribution in [0.25, 0.3) is 12.2 Å². The highest BCUT2D eigenvalue weighted by Crippen LogP contribution is 2.31. The van der Waals surface area contributed by atoms with E-state index in [9.17, 15) is 35.1 Å². The molecule has 25 heavy (non-hydrogen) atoms. The third-order valence-corrected chi connectivity index (χ3v) is 3.54. The van der Waals surface area contributed by atoms with Crippen LogP contribution in [0.2, 0.25) is 0 Å². The van der Waals surface area contributed by atoms with Crippen LogP contribution >= 0.6 is 0 Å². The molecule has 0 aliphatic rings. The maximum absolute atomic E-state index is 13.9. The molecule has 132 valence electrons. The molecule has 0 bridgehead atoms. The van der Waals surface area contributed by atoms with Gasteiger partial charge in [0.2, 0.25) is 0 Å². The lowest BCUT2D eigenvalue weighted by atomic mass is 9.98. The van der Waals surface area contributed by atoms with Gasteiger partial charge in [0.15, 0.2) is 46.5 Å². The summed E-state index contributed by atoms with van der Waals surface area (Å²) in [5, 5.41) is 0. The summed E-state index contributed by atoms with van der Waals surface area (Å²) >= 11 is 0. The molecule has 0 fully saturated rings. The number of halogens is 8. The molecule has 8 heteroatoms. The fourth-order valence-electron chi connectivity index (χ4n) is 2.23. The molecule has 0 saturated heterocycles. The maximum atomic E-state index is 13.9. The van der Waals surface area contributed by atoms with Gasteiger partial charge in [-0.05, 0) is 0 Å². The Kier molecular flexibility index (Phi) is 5.01. The van der Waals surface area contributed by atoms with Gasteiger partial charge in [-0.15, -0.1) is 0 Å². The Morgan fingerprint density at radius 3 is 0.920 bits per heavy atom. The van der Waals surface area contributed by atoms with E-state index in [4.69, 9.17) is 0 Å². The first-order chi connectivity index (χ1) is 11.7. The van der Waals surface area contributed by atoms with Gasteiger partial charge in [-0.3, -0.25) is 0 Å². The first-order valence-electron chi connectivity index (χ1n) is 6.61. The molecule has 0 saturated carbocycles. The van der Waals surface area contributed by atoms with E-state index in [0.29, 0.717) is 12.2 Å². The number of benzene rings is 2. The number of hydrogen-bond donors (Lipinski definition) is 0. The molecule has 0 amide bonds. The van der Waals surface area contributed by atoms with Crippen LogP contribution < -0.4 is 0 Å². The van der Waals surface area contributed by atoms with Crippen molar-refractivity contribution in [3.8, 4) is 0 Å². The summed E-state index contributed by atoms with van der Waals surface area (Å²) in [4.78, 5) is 0. The van der Waals surface area contributed by atoms with Gasteiger partial charge in [-0.1, -0.05) is 25.3 Å². The first-order valence-corrected chi connectivity index (χ1v) is 6.61. The summed E-state index contributed by atoms with van der Waals surface area (Å²) in [6.45, 7) is 5.95. The van der Waals surface area contributed by atoms with Crippen molar-refractivity contribution in [2.24, 2.45) is 0 Å². The molecule has 0 radical (unpaired) electrons. The zero-order valence-electron chi connectivity index (χ0n) is 12.3. The van der Waals surface area contributed by atoms with Crippen LogP contribution in [-0.4, -0.2) is 0 Å². The van der Waals surface area contributed by atoms with Gasteiger partial charge in [-0.2, -0.15) is 0 Å². The summed E-state index contributed by atoms with van der Waals surface area (Å²) in [6, 6.07) is 0. The van der Waals surface area contributed by atoms with Gasteiger partial charge >= 0.3 is 0 Å². The SMILES string of the molecule is C=Cc1c(F)c(F)c(Cc2c(F)c(F)c(C=C)c(F)c2F)c(F)c1F. The van der Waals surface area contributed by atoms with Crippen LogP contribution in [-0.2, 0) is 6.42 Å². The maximum Gasteiger partial charge on any atom is 0.169 e. The largest absolute Gasteiger partial charge is 0.203 e. The molecule has 2 aromatic rings. The molecule has 0 aromatic heterocycles. The highest BCUT2D eigenvalue weighted by atomic mass is 19.2. The van der Waals surface area contributed by atoms with E-state index in [1.165, 1.54) is 0 Å². The van der Waals surface area contributed by atoms with E-state index in [0.717, 1.165) is 0 Å². The van der Waals surface area contributed by atoms with Crippen molar-refractivity contribution in [1.82, 2.24) is 0 Å². The summed E-state index contributed by atoms with van der Waals surface area (Å²) < 4.78 is 110. The number of rotatable bonds is 4. The zero-order chi connectivity index (χ0) is 19.0. The molecule has 0 aliphatic carbocycles. The third kappa shape index (κ3) is 2.81. The van der Waals surface area contributed by atoms with Crippen molar-refractivity contribution < 1.29 is 35.1 Å². The van der Waals surface area contributed by atoms with Crippen LogP contribution in [0, 0.1) is 46.5 Å². The first kappa shape index (κ1) is 18.7. The minimum atomic E-state index is -1.96. The van der Waals surface area contributed by atoms with Gasteiger partial charge in [0.25, 0.3) is 0 Å². The molecule has 0 unspecified atom stereocenters. The van der Waals surface area contributed by atoms with Crippen molar-refractivity contribution in [3.63, 3.8) is 0 Å². The monoisotopic (exact) mass is 364 g/mol. The summed E-state index contributed by atoms with van der Waals surface area (Å²) in [5.74, 6) is -15.2. The van der Waals surface area contributed by atoms with E-state index in [2.05, 4.69) is 13.2 Å². The molecule has 0 N–H and O–H groups in total. The average Bonchev–Trinajstić information content (AvgIpc) is 2.59. The molecule has 0 atom stereocenters.